The summed E-state index contributed by atoms with van der Waals surface area (Å²) in [6.07, 6.45) is 1.67. The number of hydrogen-bond acceptors (Lipinski definition) is 4. The van der Waals surface area contributed by atoms with E-state index in [1.165, 1.54) is 0 Å². The number of alkyl halides is 1. The Labute approximate surface area is 93.4 Å². The number of anilines is 1. The smallest absolute Gasteiger partial charge is 0.223 e. The molecule has 0 saturated carbocycles. The number of imidazole rings is 1. The molecule has 0 spiro atoms. The summed E-state index contributed by atoms with van der Waals surface area (Å²) < 4.78 is 1.88. The molecule has 0 saturated heterocycles. The molecule has 5 nitrogen and oxygen atoms in total. The minimum atomic E-state index is 0.145. The molecule has 0 aliphatic heterocycles. The second-order valence-corrected chi connectivity index (χ2v) is 3.82. The Morgan fingerprint density at radius 2 is 2.29 bits per heavy atom. The van der Waals surface area contributed by atoms with E-state index < -0.39 is 0 Å². The molecule has 0 bridgehead atoms. The molecular formula is C7H7BrClN5. The molecule has 0 unspecified atom stereocenters. The van der Waals surface area contributed by atoms with Crippen LogP contribution in [-0.2, 0) is 6.54 Å². The van der Waals surface area contributed by atoms with E-state index in [1.54, 1.807) is 6.33 Å². The van der Waals surface area contributed by atoms with Crippen molar-refractivity contribution in [3.63, 3.8) is 0 Å². The molecule has 7 heteroatoms. The standard InChI is InChI=1S/C7H7BrClN5/c8-1-2-14-3-11-6-4(14)5(9)12-7(10)13-6/h3H,1-2H2,(H2,10,12,13). The fourth-order valence-corrected chi connectivity index (χ4v) is 1.87. The Bertz CT molecular complexity index is 468. The third kappa shape index (κ3) is 1.55. The molecule has 14 heavy (non-hydrogen) atoms. The van der Waals surface area contributed by atoms with Crippen LogP contribution in [0.15, 0.2) is 6.33 Å². The first-order valence-electron chi connectivity index (χ1n) is 3.92. The summed E-state index contributed by atoms with van der Waals surface area (Å²) in [5, 5.41) is 1.16. The van der Waals surface area contributed by atoms with Gasteiger partial charge in [0.2, 0.25) is 5.95 Å². The molecule has 2 N–H and O–H groups in total. The Morgan fingerprint density at radius 3 is 3.00 bits per heavy atom. The van der Waals surface area contributed by atoms with Gasteiger partial charge in [-0.3, -0.25) is 0 Å². The van der Waals surface area contributed by atoms with Crippen molar-refractivity contribution in [1.29, 1.82) is 0 Å². The van der Waals surface area contributed by atoms with E-state index >= 15 is 0 Å². The Hall–Kier alpha value is -0.880. The van der Waals surface area contributed by atoms with E-state index in [4.69, 9.17) is 17.3 Å². The largest absolute Gasteiger partial charge is 0.368 e. The van der Waals surface area contributed by atoms with Crippen molar-refractivity contribution in [2.75, 3.05) is 11.1 Å². The zero-order valence-corrected chi connectivity index (χ0v) is 9.46. The maximum atomic E-state index is 5.94. The summed E-state index contributed by atoms with van der Waals surface area (Å²) in [4.78, 5) is 11.9. The third-order valence-corrected chi connectivity index (χ3v) is 2.39. The number of hydrogen-bond donors (Lipinski definition) is 1. The van der Waals surface area contributed by atoms with Crippen LogP contribution < -0.4 is 5.73 Å². The monoisotopic (exact) mass is 275 g/mol. The lowest BCUT2D eigenvalue weighted by molar-refractivity contribution is 0.799. The van der Waals surface area contributed by atoms with Gasteiger partial charge in [0.15, 0.2) is 10.8 Å². The number of nitrogens with two attached hydrogens (primary N) is 1. The van der Waals surface area contributed by atoms with Crippen LogP contribution in [-0.4, -0.2) is 24.8 Å². The van der Waals surface area contributed by atoms with E-state index in [0.717, 1.165) is 17.4 Å². The highest BCUT2D eigenvalue weighted by Crippen LogP contribution is 2.20. The van der Waals surface area contributed by atoms with Crippen LogP contribution in [0.2, 0.25) is 5.15 Å². The molecule has 0 atom stereocenters. The first-order valence-corrected chi connectivity index (χ1v) is 5.42. The Balaban J connectivity index is 2.66. The summed E-state index contributed by atoms with van der Waals surface area (Å²) in [6.45, 7) is 0.767. The first-order chi connectivity index (χ1) is 6.72. The van der Waals surface area contributed by atoms with E-state index in [2.05, 4.69) is 30.9 Å². The molecule has 0 amide bonds. The van der Waals surface area contributed by atoms with Crippen molar-refractivity contribution < 1.29 is 0 Å². The summed E-state index contributed by atoms with van der Waals surface area (Å²) in [5.41, 5.74) is 6.70. The predicted molar refractivity (Wildman–Crippen MR) is 58.5 cm³/mol. The molecule has 0 fully saturated rings. The van der Waals surface area contributed by atoms with Crippen LogP contribution >= 0.6 is 27.5 Å². The number of nitrogen functional groups attached to an aromatic ring is 1. The molecule has 0 radical (unpaired) electrons. The summed E-state index contributed by atoms with van der Waals surface area (Å²) in [5.74, 6) is 0.145. The minimum absolute atomic E-state index is 0.145. The summed E-state index contributed by atoms with van der Waals surface area (Å²) >= 11 is 9.28. The molecule has 74 valence electrons. The van der Waals surface area contributed by atoms with E-state index in [1.807, 2.05) is 4.57 Å². The van der Waals surface area contributed by atoms with Crippen molar-refractivity contribution in [3.05, 3.63) is 11.5 Å². The van der Waals surface area contributed by atoms with Crippen LogP contribution in [0.1, 0.15) is 0 Å². The zero-order chi connectivity index (χ0) is 10.1. The number of fused-ring (bicyclic) bond motifs is 1. The number of nitrogens with zero attached hydrogens (tertiary/aromatic N) is 4. The van der Waals surface area contributed by atoms with Crippen molar-refractivity contribution in [3.8, 4) is 0 Å². The van der Waals surface area contributed by atoms with Gasteiger partial charge in [-0.15, -0.1) is 0 Å². The number of aromatic nitrogens is 4. The highest BCUT2D eigenvalue weighted by Gasteiger charge is 2.09. The fraction of sp³-hybridized carbons (Fsp3) is 0.286. The van der Waals surface area contributed by atoms with Gasteiger partial charge in [0, 0.05) is 11.9 Å². The summed E-state index contributed by atoms with van der Waals surface area (Å²) in [6, 6.07) is 0. The van der Waals surface area contributed by atoms with Gasteiger partial charge in [0.25, 0.3) is 0 Å². The van der Waals surface area contributed by atoms with Crippen molar-refractivity contribution >= 4 is 44.6 Å². The second kappa shape index (κ2) is 3.70. The van der Waals surface area contributed by atoms with Crippen LogP contribution in [0.25, 0.3) is 11.2 Å². The SMILES string of the molecule is Nc1nc(Cl)c2c(ncn2CCBr)n1. The number of rotatable bonds is 2. The van der Waals surface area contributed by atoms with Crippen molar-refractivity contribution in [2.45, 2.75) is 6.54 Å². The maximum absolute atomic E-state index is 5.94. The quantitative estimate of drug-likeness (QED) is 0.666. The van der Waals surface area contributed by atoms with Gasteiger partial charge in [-0.1, -0.05) is 27.5 Å². The zero-order valence-electron chi connectivity index (χ0n) is 7.11. The van der Waals surface area contributed by atoms with Crippen LogP contribution in [0.3, 0.4) is 0 Å². The van der Waals surface area contributed by atoms with Crippen LogP contribution in [0.4, 0.5) is 5.95 Å². The van der Waals surface area contributed by atoms with Gasteiger partial charge in [-0.25, -0.2) is 4.98 Å². The van der Waals surface area contributed by atoms with Crippen molar-refractivity contribution in [1.82, 2.24) is 19.5 Å². The van der Waals surface area contributed by atoms with Gasteiger partial charge >= 0.3 is 0 Å². The molecule has 0 aromatic carbocycles. The predicted octanol–water partition coefficient (Wildman–Crippen LogP) is 1.46. The average Bonchev–Trinajstić information content (AvgIpc) is 2.49. The maximum Gasteiger partial charge on any atom is 0.223 e. The molecular weight excluding hydrogens is 269 g/mol. The van der Waals surface area contributed by atoms with Gasteiger partial charge in [0.1, 0.15) is 5.52 Å². The van der Waals surface area contributed by atoms with E-state index in [9.17, 15) is 0 Å². The topological polar surface area (TPSA) is 69.6 Å². The normalized spacial score (nSPS) is 11.0. The molecule has 2 heterocycles. The Morgan fingerprint density at radius 1 is 1.50 bits per heavy atom. The highest BCUT2D eigenvalue weighted by atomic mass is 79.9. The summed E-state index contributed by atoms with van der Waals surface area (Å²) in [7, 11) is 0. The van der Waals surface area contributed by atoms with Crippen molar-refractivity contribution in [2.24, 2.45) is 0 Å². The molecule has 2 rings (SSSR count). The van der Waals surface area contributed by atoms with Crippen LogP contribution in [0, 0.1) is 0 Å². The second-order valence-electron chi connectivity index (χ2n) is 2.67. The van der Waals surface area contributed by atoms with Gasteiger partial charge in [-0.2, -0.15) is 9.97 Å². The third-order valence-electron chi connectivity index (χ3n) is 1.77. The van der Waals surface area contributed by atoms with Crippen LogP contribution in [0.5, 0.6) is 0 Å². The highest BCUT2D eigenvalue weighted by molar-refractivity contribution is 9.09. The minimum Gasteiger partial charge on any atom is -0.368 e. The lowest BCUT2D eigenvalue weighted by Crippen LogP contribution is -2.00. The molecule has 2 aromatic heterocycles. The van der Waals surface area contributed by atoms with Gasteiger partial charge < -0.3 is 10.3 Å². The lowest BCUT2D eigenvalue weighted by Gasteiger charge is -2.01. The van der Waals surface area contributed by atoms with Gasteiger partial charge in [-0.05, 0) is 0 Å². The van der Waals surface area contributed by atoms with E-state index in [0.29, 0.717) is 10.8 Å². The molecule has 0 aliphatic rings. The molecule has 0 aliphatic carbocycles. The van der Waals surface area contributed by atoms with E-state index in [-0.39, 0.29) is 5.95 Å². The molecule has 2 aromatic rings. The van der Waals surface area contributed by atoms with Gasteiger partial charge in [0.05, 0.1) is 6.33 Å². The first kappa shape index (κ1) is 9.67. The Kier molecular flexibility index (Phi) is 2.56. The number of aryl methyl sites for hydroxylation is 1. The fourth-order valence-electron chi connectivity index (χ4n) is 1.21. The lowest BCUT2D eigenvalue weighted by atomic mass is 10.5. The average molecular weight is 277 g/mol. The number of halogens is 2.